The molecule has 7 heteroatoms. The first-order valence-corrected chi connectivity index (χ1v) is 5.06. The van der Waals surface area contributed by atoms with E-state index in [-0.39, 0.29) is 44.9 Å². The van der Waals surface area contributed by atoms with Crippen molar-refractivity contribution in [2.75, 3.05) is 26.2 Å². The normalized spacial score (nSPS) is 9.06. The van der Waals surface area contributed by atoms with Crippen LogP contribution >= 0.6 is 0 Å². The lowest BCUT2D eigenvalue weighted by Gasteiger charge is -2.20. The van der Waals surface area contributed by atoms with E-state index in [4.69, 9.17) is 15.6 Å². The summed E-state index contributed by atoms with van der Waals surface area (Å²) in [5.74, 6) is -1.35. The number of hydrogen-bond acceptors (Lipinski definition) is 5. The van der Waals surface area contributed by atoms with Crippen molar-refractivity contribution in [3.63, 3.8) is 0 Å². The van der Waals surface area contributed by atoms with Gasteiger partial charge in [-0.25, -0.2) is 0 Å². The molecule has 0 rings (SSSR count). The molecule has 0 aromatic rings. The largest absolute Gasteiger partial charge is 0.480 e. The topological polar surface area (TPSA) is 117 Å². The fourth-order valence-corrected chi connectivity index (χ4v) is 1.12. The van der Waals surface area contributed by atoms with E-state index >= 15 is 0 Å². The molecule has 0 bridgehead atoms. The van der Waals surface area contributed by atoms with Crippen molar-refractivity contribution in [3.8, 4) is 12.1 Å². The number of amides is 1. The first-order chi connectivity index (χ1) is 8.11. The Balaban J connectivity index is 4.08. The van der Waals surface area contributed by atoms with Gasteiger partial charge in [-0.3, -0.25) is 14.9 Å². The first kappa shape index (κ1) is 14.9. The minimum Gasteiger partial charge on any atom is -0.480 e. The molecule has 7 nitrogen and oxygen atoms in total. The van der Waals surface area contributed by atoms with Gasteiger partial charge in [0.2, 0.25) is 5.91 Å². The lowest BCUT2D eigenvalue weighted by molar-refractivity contribution is -0.136. The highest BCUT2D eigenvalue weighted by Crippen LogP contribution is 1.94. The number of nitriles is 2. The van der Waals surface area contributed by atoms with E-state index in [1.807, 2.05) is 12.1 Å². The van der Waals surface area contributed by atoms with Crippen molar-refractivity contribution in [2.24, 2.45) is 0 Å². The molecule has 0 radical (unpaired) electrons. The van der Waals surface area contributed by atoms with Gasteiger partial charge in [-0.05, 0) is 0 Å². The highest BCUT2D eigenvalue weighted by molar-refractivity contribution is 5.79. The zero-order valence-electron chi connectivity index (χ0n) is 9.35. The molecule has 0 spiro atoms. The predicted octanol–water partition coefficient (Wildman–Crippen LogP) is -0.683. The fourth-order valence-electron chi connectivity index (χ4n) is 1.12. The average molecular weight is 238 g/mol. The number of nitrogens with zero attached hydrogens (tertiary/aromatic N) is 3. The van der Waals surface area contributed by atoms with Gasteiger partial charge in [0.15, 0.2) is 0 Å². The number of aliphatic carboxylic acids is 1. The number of carbonyl (C=O) groups excluding carboxylic acids is 1. The Morgan fingerprint density at radius 2 is 1.65 bits per heavy atom. The SMILES string of the molecule is N#CCCN(CCC#N)C(=O)CNCC(=O)O. The van der Waals surface area contributed by atoms with Crippen LogP contribution in [0.2, 0.25) is 0 Å². The van der Waals surface area contributed by atoms with Crippen LogP contribution in [0.15, 0.2) is 0 Å². The van der Waals surface area contributed by atoms with E-state index in [9.17, 15) is 9.59 Å². The maximum absolute atomic E-state index is 11.6. The van der Waals surface area contributed by atoms with Gasteiger partial charge in [-0.2, -0.15) is 10.5 Å². The quantitative estimate of drug-likeness (QED) is 0.578. The molecular formula is C10H14N4O3. The highest BCUT2D eigenvalue weighted by atomic mass is 16.4. The molecule has 0 heterocycles. The van der Waals surface area contributed by atoms with Crippen molar-refractivity contribution in [1.82, 2.24) is 10.2 Å². The van der Waals surface area contributed by atoms with Crippen LogP contribution in [0.1, 0.15) is 12.8 Å². The molecule has 0 aliphatic rings. The van der Waals surface area contributed by atoms with Crippen LogP contribution in [-0.2, 0) is 9.59 Å². The molecule has 1 amide bonds. The zero-order valence-corrected chi connectivity index (χ0v) is 9.35. The Labute approximate surface area is 99.2 Å². The number of carbonyl (C=O) groups is 2. The van der Waals surface area contributed by atoms with Crippen molar-refractivity contribution < 1.29 is 14.7 Å². The third-order valence-corrected chi connectivity index (χ3v) is 1.89. The van der Waals surface area contributed by atoms with Gasteiger partial charge in [-0.15, -0.1) is 0 Å². The molecule has 92 valence electrons. The van der Waals surface area contributed by atoms with Gasteiger partial charge >= 0.3 is 5.97 Å². The Kier molecular flexibility index (Phi) is 7.99. The molecule has 0 atom stereocenters. The first-order valence-electron chi connectivity index (χ1n) is 5.06. The van der Waals surface area contributed by atoms with Crippen LogP contribution < -0.4 is 5.32 Å². The Morgan fingerprint density at radius 3 is 2.06 bits per heavy atom. The standard InChI is InChI=1S/C10H14N4O3/c11-3-1-5-14(6-2-4-12)9(15)7-13-8-10(16)17/h13H,1-2,5-8H2,(H,16,17). The molecule has 0 saturated carbocycles. The van der Waals surface area contributed by atoms with Gasteiger partial charge < -0.3 is 10.0 Å². The van der Waals surface area contributed by atoms with Crippen LogP contribution in [0.4, 0.5) is 0 Å². The number of rotatable bonds is 8. The van der Waals surface area contributed by atoms with Crippen molar-refractivity contribution >= 4 is 11.9 Å². The van der Waals surface area contributed by atoms with E-state index in [0.717, 1.165) is 0 Å². The van der Waals surface area contributed by atoms with Crippen LogP contribution in [0, 0.1) is 22.7 Å². The van der Waals surface area contributed by atoms with Gasteiger partial charge in [0, 0.05) is 13.1 Å². The number of carboxylic acids is 1. The molecule has 0 aliphatic heterocycles. The van der Waals surface area contributed by atoms with Crippen molar-refractivity contribution in [3.05, 3.63) is 0 Å². The maximum atomic E-state index is 11.6. The van der Waals surface area contributed by atoms with Crippen LogP contribution in [0.5, 0.6) is 0 Å². The minimum absolute atomic E-state index is 0.108. The van der Waals surface area contributed by atoms with E-state index in [2.05, 4.69) is 5.32 Å². The Hall–Kier alpha value is -2.12. The van der Waals surface area contributed by atoms with E-state index in [1.165, 1.54) is 4.90 Å². The summed E-state index contributed by atoms with van der Waals surface area (Å²) >= 11 is 0. The second-order valence-corrected chi connectivity index (χ2v) is 3.19. The number of hydrogen-bond donors (Lipinski definition) is 2. The summed E-state index contributed by atoms with van der Waals surface area (Å²) in [5, 5.41) is 27.7. The van der Waals surface area contributed by atoms with Gasteiger partial charge in [0.25, 0.3) is 0 Å². The lowest BCUT2D eigenvalue weighted by atomic mass is 10.3. The minimum atomic E-state index is -1.04. The van der Waals surface area contributed by atoms with Gasteiger partial charge in [-0.1, -0.05) is 0 Å². The molecule has 0 fully saturated rings. The summed E-state index contributed by atoms with van der Waals surface area (Å²) in [6, 6.07) is 3.82. The molecule has 17 heavy (non-hydrogen) atoms. The molecule has 0 aromatic carbocycles. The molecule has 0 saturated heterocycles. The summed E-state index contributed by atoms with van der Waals surface area (Å²) in [7, 11) is 0. The molecule has 0 aromatic heterocycles. The van der Waals surface area contributed by atoms with E-state index < -0.39 is 5.97 Å². The lowest BCUT2D eigenvalue weighted by Crippen LogP contribution is -2.40. The summed E-state index contributed by atoms with van der Waals surface area (Å²) in [6.45, 7) is 0.108. The number of nitrogens with one attached hydrogen (secondary N) is 1. The maximum Gasteiger partial charge on any atom is 0.317 e. The van der Waals surface area contributed by atoms with Crippen LogP contribution in [0.3, 0.4) is 0 Å². The summed E-state index contributed by atoms with van der Waals surface area (Å²) < 4.78 is 0. The third-order valence-electron chi connectivity index (χ3n) is 1.89. The molecule has 2 N–H and O–H groups in total. The summed E-state index contributed by atoms with van der Waals surface area (Å²) in [5.41, 5.74) is 0. The van der Waals surface area contributed by atoms with Crippen molar-refractivity contribution in [1.29, 1.82) is 10.5 Å². The zero-order chi connectivity index (χ0) is 13.1. The fraction of sp³-hybridized carbons (Fsp3) is 0.600. The molecule has 0 unspecified atom stereocenters. The second kappa shape index (κ2) is 9.13. The monoisotopic (exact) mass is 238 g/mol. The summed E-state index contributed by atoms with van der Waals surface area (Å²) in [4.78, 5) is 23.2. The Bertz CT molecular complexity index is 324. The van der Waals surface area contributed by atoms with E-state index in [0.29, 0.717) is 0 Å². The Morgan fingerprint density at radius 1 is 1.12 bits per heavy atom. The number of carboxylic acid groups (broad SMARTS) is 1. The van der Waals surface area contributed by atoms with Crippen LogP contribution in [0.25, 0.3) is 0 Å². The average Bonchev–Trinajstić information content (AvgIpc) is 2.28. The second-order valence-electron chi connectivity index (χ2n) is 3.19. The summed E-state index contributed by atoms with van der Waals surface area (Å²) in [6.07, 6.45) is 0.381. The highest BCUT2D eigenvalue weighted by Gasteiger charge is 2.12. The molecular weight excluding hydrogens is 224 g/mol. The predicted molar refractivity (Wildman–Crippen MR) is 57.5 cm³/mol. The van der Waals surface area contributed by atoms with E-state index in [1.54, 1.807) is 0 Å². The molecule has 0 aliphatic carbocycles. The third kappa shape index (κ3) is 7.77. The van der Waals surface area contributed by atoms with Gasteiger partial charge in [0.05, 0.1) is 38.1 Å². The van der Waals surface area contributed by atoms with Gasteiger partial charge in [0.1, 0.15) is 0 Å². The van der Waals surface area contributed by atoms with Crippen molar-refractivity contribution in [2.45, 2.75) is 12.8 Å². The smallest absolute Gasteiger partial charge is 0.317 e. The van der Waals surface area contributed by atoms with Crippen LogP contribution in [-0.4, -0.2) is 48.1 Å².